The molecule has 0 atom stereocenters. The zero-order valence-corrected chi connectivity index (χ0v) is 15.0. The lowest BCUT2D eigenvalue weighted by atomic mass is 9.99. The number of hydrogen-bond donors (Lipinski definition) is 1. The highest BCUT2D eigenvalue weighted by molar-refractivity contribution is 6.36. The van der Waals surface area contributed by atoms with Crippen molar-refractivity contribution in [3.63, 3.8) is 0 Å². The van der Waals surface area contributed by atoms with Crippen LogP contribution < -0.4 is 5.32 Å². The molecule has 0 saturated heterocycles. The molecular formula is C21H22N2O2. The van der Waals surface area contributed by atoms with Crippen molar-refractivity contribution >= 4 is 23.1 Å². The number of benzene rings is 2. The first-order valence-electron chi connectivity index (χ1n) is 8.44. The topological polar surface area (TPSA) is 49.4 Å². The number of nitrogens with zero attached hydrogens (tertiary/aromatic N) is 1. The van der Waals surface area contributed by atoms with E-state index < -0.39 is 0 Å². The lowest BCUT2D eigenvalue weighted by Gasteiger charge is -2.12. The predicted molar refractivity (Wildman–Crippen MR) is 100 cm³/mol. The molecule has 4 nitrogen and oxygen atoms in total. The number of hydrogen-bond acceptors (Lipinski definition) is 3. The van der Waals surface area contributed by atoms with Crippen molar-refractivity contribution < 1.29 is 9.59 Å². The normalized spacial score (nSPS) is 14.5. The van der Waals surface area contributed by atoms with E-state index in [1.807, 2.05) is 70.2 Å². The molecule has 2 amide bonds. The molecule has 0 radical (unpaired) electrons. The summed E-state index contributed by atoms with van der Waals surface area (Å²) in [7, 11) is 0. The van der Waals surface area contributed by atoms with Crippen molar-refractivity contribution in [2.24, 2.45) is 0 Å². The Morgan fingerprint density at radius 1 is 0.880 bits per heavy atom. The molecule has 128 valence electrons. The van der Waals surface area contributed by atoms with E-state index >= 15 is 0 Å². The van der Waals surface area contributed by atoms with Crippen molar-refractivity contribution in [2.75, 3.05) is 11.9 Å². The van der Waals surface area contributed by atoms with Gasteiger partial charge < -0.3 is 5.32 Å². The van der Waals surface area contributed by atoms with Crippen LogP contribution in [0.2, 0.25) is 0 Å². The van der Waals surface area contributed by atoms with Gasteiger partial charge in [-0.1, -0.05) is 35.9 Å². The first-order chi connectivity index (χ1) is 11.9. The van der Waals surface area contributed by atoms with Crippen molar-refractivity contribution in [1.82, 2.24) is 4.90 Å². The van der Waals surface area contributed by atoms with Crippen molar-refractivity contribution in [3.05, 3.63) is 70.4 Å². The summed E-state index contributed by atoms with van der Waals surface area (Å²) < 4.78 is 0. The number of rotatable bonds is 4. The van der Waals surface area contributed by atoms with Crippen LogP contribution in [0.3, 0.4) is 0 Å². The van der Waals surface area contributed by atoms with Gasteiger partial charge in [-0.15, -0.1) is 0 Å². The summed E-state index contributed by atoms with van der Waals surface area (Å²) in [6.45, 7) is 8.20. The number of carbonyl (C=O) groups excluding carboxylic acids is 2. The smallest absolute Gasteiger partial charge is 0.278 e. The van der Waals surface area contributed by atoms with Crippen LogP contribution in [0.25, 0.3) is 5.57 Å². The number of aryl methyl sites for hydroxylation is 3. The van der Waals surface area contributed by atoms with Gasteiger partial charge in [-0.05, 0) is 56.5 Å². The Hall–Kier alpha value is -2.88. The Labute approximate surface area is 148 Å². The molecule has 0 fully saturated rings. The third kappa shape index (κ3) is 3.07. The molecule has 0 saturated carbocycles. The maximum Gasteiger partial charge on any atom is 0.278 e. The Morgan fingerprint density at radius 3 is 2.16 bits per heavy atom. The number of nitrogens with one attached hydrogen (secondary N) is 1. The minimum atomic E-state index is -0.277. The summed E-state index contributed by atoms with van der Waals surface area (Å²) in [5, 5.41) is 3.16. The molecule has 2 aromatic rings. The molecule has 3 rings (SSSR count). The number of likely N-dealkylation sites (N-methyl/N-ethyl adjacent to an activating group) is 1. The fourth-order valence-electron chi connectivity index (χ4n) is 2.93. The molecule has 2 aromatic carbocycles. The zero-order chi connectivity index (χ0) is 18.1. The van der Waals surface area contributed by atoms with Crippen molar-refractivity contribution in [2.45, 2.75) is 27.7 Å². The maximum atomic E-state index is 12.8. The van der Waals surface area contributed by atoms with E-state index in [1.165, 1.54) is 4.90 Å². The fourth-order valence-corrected chi connectivity index (χ4v) is 2.93. The average molecular weight is 334 g/mol. The van der Waals surface area contributed by atoms with Crippen LogP contribution in [-0.4, -0.2) is 23.3 Å². The van der Waals surface area contributed by atoms with Gasteiger partial charge in [0, 0.05) is 12.2 Å². The van der Waals surface area contributed by atoms with Gasteiger partial charge in [-0.3, -0.25) is 14.5 Å². The third-order valence-corrected chi connectivity index (χ3v) is 4.60. The first kappa shape index (κ1) is 17.0. The Kier molecular flexibility index (Phi) is 4.45. The highest BCUT2D eigenvalue weighted by atomic mass is 16.2. The Balaban J connectivity index is 2.10. The Morgan fingerprint density at radius 2 is 1.56 bits per heavy atom. The maximum absolute atomic E-state index is 12.8. The molecule has 1 aliphatic rings. The number of amides is 2. The highest BCUT2D eigenvalue weighted by Gasteiger charge is 2.38. The van der Waals surface area contributed by atoms with Gasteiger partial charge in [0.05, 0.1) is 5.57 Å². The number of anilines is 1. The van der Waals surface area contributed by atoms with Crippen LogP contribution in [0.5, 0.6) is 0 Å². The molecule has 4 heteroatoms. The number of carbonyl (C=O) groups is 2. The predicted octanol–water partition coefficient (Wildman–Crippen LogP) is 3.82. The molecule has 1 N–H and O–H groups in total. The monoisotopic (exact) mass is 334 g/mol. The van der Waals surface area contributed by atoms with Gasteiger partial charge in [0.2, 0.25) is 0 Å². The SMILES string of the molecule is CCN1C(=O)C(Nc2ccc(C)cc2)=C(c2ccc(C)c(C)c2)C1=O. The summed E-state index contributed by atoms with van der Waals surface area (Å²) in [5.74, 6) is -0.522. The first-order valence-corrected chi connectivity index (χ1v) is 8.44. The summed E-state index contributed by atoms with van der Waals surface area (Å²) in [4.78, 5) is 26.8. The van der Waals surface area contributed by atoms with Crippen LogP contribution in [0.15, 0.2) is 48.2 Å². The third-order valence-electron chi connectivity index (χ3n) is 4.60. The standard InChI is InChI=1S/C21H22N2O2/c1-5-23-20(24)18(16-9-8-14(3)15(4)12-16)19(21(23)25)22-17-10-6-13(2)7-11-17/h6-12,22H,5H2,1-4H3. The van der Waals surface area contributed by atoms with E-state index in [9.17, 15) is 9.59 Å². The average Bonchev–Trinajstić information content (AvgIpc) is 2.82. The molecule has 0 aliphatic carbocycles. The lowest BCUT2D eigenvalue weighted by Crippen LogP contribution is -2.32. The van der Waals surface area contributed by atoms with E-state index in [2.05, 4.69) is 5.32 Å². The van der Waals surface area contributed by atoms with Crippen molar-refractivity contribution in [1.29, 1.82) is 0 Å². The molecule has 0 bridgehead atoms. The molecule has 1 heterocycles. The second kappa shape index (κ2) is 6.55. The molecule has 0 spiro atoms. The van der Waals surface area contributed by atoms with Crippen LogP contribution >= 0.6 is 0 Å². The van der Waals surface area contributed by atoms with E-state index in [4.69, 9.17) is 0 Å². The quantitative estimate of drug-likeness (QED) is 0.865. The van der Waals surface area contributed by atoms with Gasteiger partial charge in [0.15, 0.2) is 0 Å². The summed E-state index contributed by atoms with van der Waals surface area (Å²) in [5.41, 5.74) is 5.73. The van der Waals surface area contributed by atoms with Crippen LogP contribution in [0, 0.1) is 20.8 Å². The molecule has 25 heavy (non-hydrogen) atoms. The second-order valence-electron chi connectivity index (χ2n) is 6.39. The minimum absolute atomic E-state index is 0.245. The molecular weight excluding hydrogens is 312 g/mol. The summed E-state index contributed by atoms with van der Waals surface area (Å²) in [6.07, 6.45) is 0. The zero-order valence-electron chi connectivity index (χ0n) is 15.0. The van der Waals surface area contributed by atoms with Gasteiger partial charge >= 0.3 is 0 Å². The van der Waals surface area contributed by atoms with Gasteiger partial charge in [-0.25, -0.2) is 0 Å². The second-order valence-corrected chi connectivity index (χ2v) is 6.39. The molecule has 1 aliphatic heterocycles. The molecule has 0 unspecified atom stereocenters. The molecule has 0 aromatic heterocycles. The fraction of sp³-hybridized carbons (Fsp3) is 0.238. The van der Waals surface area contributed by atoms with E-state index in [0.717, 1.165) is 27.9 Å². The van der Waals surface area contributed by atoms with Crippen LogP contribution in [0.1, 0.15) is 29.2 Å². The van der Waals surface area contributed by atoms with E-state index in [1.54, 1.807) is 0 Å². The van der Waals surface area contributed by atoms with E-state index in [-0.39, 0.29) is 11.8 Å². The Bertz CT molecular complexity index is 879. The van der Waals surface area contributed by atoms with Crippen molar-refractivity contribution in [3.8, 4) is 0 Å². The van der Waals surface area contributed by atoms with Gasteiger partial charge in [0.1, 0.15) is 5.70 Å². The summed E-state index contributed by atoms with van der Waals surface area (Å²) >= 11 is 0. The van der Waals surface area contributed by atoms with Crippen LogP contribution in [-0.2, 0) is 9.59 Å². The number of imide groups is 1. The van der Waals surface area contributed by atoms with Gasteiger partial charge in [0.25, 0.3) is 11.8 Å². The lowest BCUT2D eigenvalue weighted by molar-refractivity contribution is -0.136. The van der Waals surface area contributed by atoms with Crippen LogP contribution in [0.4, 0.5) is 5.69 Å². The van der Waals surface area contributed by atoms with E-state index in [0.29, 0.717) is 17.8 Å². The highest BCUT2D eigenvalue weighted by Crippen LogP contribution is 2.31. The summed E-state index contributed by atoms with van der Waals surface area (Å²) in [6, 6.07) is 13.6. The minimum Gasteiger partial charge on any atom is -0.350 e. The largest absolute Gasteiger partial charge is 0.350 e. The van der Waals surface area contributed by atoms with Gasteiger partial charge in [-0.2, -0.15) is 0 Å².